The summed E-state index contributed by atoms with van der Waals surface area (Å²) < 4.78 is 0. The van der Waals surface area contributed by atoms with Crippen LogP contribution in [0, 0.1) is 6.92 Å². The van der Waals surface area contributed by atoms with Crippen LogP contribution in [0.3, 0.4) is 0 Å². The van der Waals surface area contributed by atoms with Crippen LogP contribution in [0.2, 0.25) is 0 Å². The zero-order valence-electron chi connectivity index (χ0n) is 9.28. The molecule has 1 heterocycles. The van der Waals surface area contributed by atoms with E-state index in [1.165, 1.54) is 24.1 Å². The van der Waals surface area contributed by atoms with Gasteiger partial charge in [0.1, 0.15) is 0 Å². The predicted molar refractivity (Wildman–Crippen MR) is 61.0 cm³/mol. The van der Waals surface area contributed by atoms with Crippen LogP contribution in [0.1, 0.15) is 24.8 Å². The maximum Gasteiger partial charge on any atom is 0.0368 e. The monoisotopic (exact) mass is 204 g/mol. The molecule has 0 bridgehead atoms. The largest absolute Gasteiger partial charge is 0.853 e. The molecule has 1 unspecified atom stereocenters. The van der Waals surface area contributed by atoms with Crippen molar-refractivity contribution in [2.24, 2.45) is 0 Å². The number of nitrogens with zero attached hydrogens (tertiary/aromatic N) is 1. The van der Waals surface area contributed by atoms with Crippen LogP contribution >= 0.6 is 0 Å². The summed E-state index contributed by atoms with van der Waals surface area (Å²) in [5, 5.41) is 11.1. The molecule has 15 heavy (non-hydrogen) atoms. The average Bonchev–Trinajstić information content (AvgIpc) is 2.30. The zero-order valence-corrected chi connectivity index (χ0v) is 9.28. The molecule has 0 N–H and O–H groups in total. The van der Waals surface area contributed by atoms with Crippen molar-refractivity contribution in [1.82, 2.24) is 0 Å². The molecular formula is C13H18NO-. The highest BCUT2D eigenvalue weighted by Gasteiger charge is 2.18. The standard InChI is InChI=1S/C13H18NO/c1-11-5-7-12(8-6-11)14-9-3-2-4-13(14)10-15/h5-8,13H,2-4,9-10H2,1H3/q-1. The van der Waals surface area contributed by atoms with Gasteiger partial charge in [-0.1, -0.05) is 17.7 Å². The van der Waals surface area contributed by atoms with Gasteiger partial charge in [0.25, 0.3) is 0 Å². The van der Waals surface area contributed by atoms with Gasteiger partial charge in [-0.15, -0.1) is 6.61 Å². The summed E-state index contributed by atoms with van der Waals surface area (Å²) >= 11 is 0. The van der Waals surface area contributed by atoms with Gasteiger partial charge in [-0.2, -0.15) is 0 Å². The van der Waals surface area contributed by atoms with Crippen molar-refractivity contribution in [2.75, 3.05) is 18.1 Å². The fourth-order valence-corrected chi connectivity index (χ4v) is 2.25. The Balaban J connectivity index is 2.16. The van der Waals surface area contributed by atoms with Crippen LogP contribution in [-0.4, -0.2) is 19.2 Å². The molecule has 1 atom stereocenters. The second-order valence-electron chi connectivity index (χ2n) is 4.35. The summed E-state index contributed by atoms with van der Waals surface area (Å²) in [5.41, 5.74) is 2.48. The van der Waals surface area contributed by atoms with E-state index in [2.05, 4.69) is 36.1 Å². The first kappa shape index (κ1) is 10.5. The number of piperidine rings is 1. The minimum Gasteiger partial charge on any atom is -0.853 e. The molecule has 2 nitrogen and oxygen atoms in total. The first-order chi connectivity index (χ1) is 7.31. The van der Waals surface area contributed by atoms with Gasteiger partial charge in [0.05, 0.1) is 0 Å². The minimum absolute atomic E-state index is 0.0217. The van der Waals surface area contributed by atoms with E-state index in [4.69, 9.17) is 0 Å². The molecule has 0 amide bonds. The van der Waals surface area contributed by atoms with E-state index in [9.17, 15) is 5.11 Å². The first-order valence-electron chi connectivity index (χ1n) is 5.72. The molecule has 2 heteroatoms. The van der Waals surface area contributed by atoms with Crippen LogP contribution in [-0.2, 0) is 0 Å². The van der Waals surface area contributed by atoms with Crippen molar-refractivity contribution in [3.63, 3.8) is 0 Å². The Hall–Kier alpha value is -1.02. The first-order valence-corrected chi connectivity index (χ1v) is 5.72. The van der Waals surface area contributed by atoms with E-state index < -0.39 is 0 Å². The van der Waals surface area contributed by atoms with Gasteiger partial charge in [-0.25, -0.2) is 0 Å². The van der Waals surface area contributed by atoms with Gasteiger partial charge in [0.15, 0.2) is 0 Å². The second kappa shape index (κ2) is 4.67. The normalized spacial score (nSPS) is 21.7. The number of hydrogen-bond acceptors (Lipinski definition) is 2. The lowest BCUT2D eigenvalue weighted by molar-refractivity contribution is -0.372. The highest BCUT2D eigenvalue weighted by molar-refractivity contribution is 5.48. The summed E-state index contributed by atoms with van der Waals surface area (Å²) in [6.45, 7) is 3.15. The van der Waals surface area contributed by atoms with Gasteiger partial charge < -0.3 is 10.0 Å². The SMILES string of the molecule is Cc1ccc(N2CCCCC2C[O-])cc1. The van der Waals surface area contributed by atoms with Gasteiger partial charge in [-0.3, -0.25) is 0 Å². The summed E-state index contributed by atoms with van der Waals surface area (Å²) in [6, 6.07) is 8.70. The lowest BCUT2D eigenvalue weighted by Crippen LogP contribution is -2.45. The number of aryl methyl sites for hydroxylation is 1. The molecular weight excluding hydrogens is 186 g/mol. The quantitative estimate of drug-likeness (QED) is 0.733. The molecule has 0 aromatic heterocycles. The van der Waals surface area contributed by atoms with Crippen molar-refractivity contribution in [3.05, 3.63) is 29.8 Å². The van der Waals surface area contributed by atoms with Crippen molar-refractivity contribution in [3.8, 4) is 0 Å². The maximum absolute atomic E-state index is 11.1. The second-order valence-corrected chi connectivity index (χ2v) is 4.35. The van der Waals surface area contributed by atoms with Crippen LogP contribution in [0.25, 0.3) is 0 Å². The van der Waals surface area contributed by atoms with Gasteiger partial charge in [0.2, 0.25) is 0 Å². The smallest absolute Gasteiger partial charge is 0.0368 e. The molecule has 1 fully saturated rings. The maximum atomic E-state index is 11.1. The number of hydrogen-bond donors (Lipinski definition) is 0. The van der Waals surface area contributed by atoms with E-state index in [-0.39, 0.29) is 12.6 Å². The van der Waals surface area contributed by atoms with Gasteiger partial charge in [0, 0.05) is 18.3 Å². The average molecular weight is 204 g/mol. The third-order valence-electron chi connectivity index (χ3n) is 3.19. The van der Waals surface area contributed by atoms with Gasteiger partial charge in [-0.05, 0) is 38.3 Å². The fourth-order valence-electron chi connectivity index (χ4n) is 2.25. The Kier molecular flexibility index (Phi) is 3.27. The Morgan fingerprint density at radius 2 is 2.00 bits per heavy atom. The van der Waals surface area contributed by atoms with E-state index in [0.717, 1.165) is 13.0 Å². The summed E-state index contributed by atoms with van der Waals surface area (Å²) in [7, 11) is 0. The van der Waals surface area contributed by atoms with E-state index in [1.807, 2.05) is 0 Å². The lowest BCUT2D eigenvalue weighted by Gasteiger charge is -2.39. The highest BCUT2D eigenvalue weighted by atomic mass is 16.3. The van der Waals surface area contributed by atoms with Crippen LogP contribution in [0.15, 0.2) is 24.3 Å². The topological polar surface area (TPSA) is 26.3 Å². The van der Waals surface area contributed by atoms with Crippen LogP contribution in [0.4, 0.5) is 5.69 Å². The zero-order chi connectivity index (χ0) is 10.7. The van der Waals surface area contributed by atoms with Crippen LogP contribution in [0.5, 0.6) is 0 Å². The Morgan fingerprint density at radius 3 is 2.67 bits per heavy atom. The van der Waals surface area contributed by atoms with E-state index in [1.54, 1.807) is 0 Å². The van der Waals surface area contributed by atoms with Crippen molar-refractivity contribution in [1.29, 1.82) is 0 Å². The van der Waals surface area contributed by atoms with Gasteiger partial charge >= 0.3 is 0 Å². The molecule has 1 aromatic rings. The third-order valence-corrected chi connectivity index (χ3v) is 3.19. The Labute approximate surface area is 91.5 Å². The molecule has 1 saturated heterocycles. The van der Waals surface area contributed by atoms with E-state index in [0.29, 0.717) is 0 Å². The molecule has 1 aliphatic rings. The van der Waals surface area contributed by atoms with E-state index >= 15 is 0 Å². The predicted octanol–water partition coefficient (Wildman–Crippen LogP) is 1.71. The van der Waals surface area contributed by atoms with Crippen molar-refractivity contribution in [2.45, 2.75) is 32.2 Å². The molecule has 0 saturated carbocycles. The molecule has 0 radical (unpaired) electrons. The lowest BCUT2D eigenvalue weighted by atomic mass is 10.0. The molecule has 82 valence electrons. The summed E-state index contributed by atoms with van der Waals surface area (Å²) in [4.78, 5) is 2.27. The number of rotatable bonds is 2. The molecule has 0 aliphatic carbocycles. The minimum atomic E-state index is 0.0217. The van der Waals surface area contributed by atoms with Crippen molar-refractivity contribution >= 4 is 5.69 Å². The van der Waals surface area contributed by atoms with Crippen LogP contribution < -0.4 is 10.0 Å². The molecule has 0 spiro atoms. The molecule has 1 aromatic carbocycles. The highest BCUT2D eigenvalue weighted by Crippen LogP contribution is 2.24. The summed E-state index contributed by atoms with van der Waals surface area (Å²) in [5.74, 6) is 0. The third kappa shape index (κ3) is 2.32. The number of anilines is 1. The van der Waals surface area contributed by atoms with Crippen molar-refractivity contribution < 1.29 is 5.11 Å². The molecule has 1 aliphatic heterocycles. The summed E-state index contributed by atoms with van der Waals surface area (Å²) in [6.07, 6.45) is 3.47. The fraction of sp³-hybridized carbons (Fsp3) is 0.538. The Morgan fingerprint density at radius 1 is 1.27 bits per heavy atom. The number of benzene rings is 1. The Bertz CT molecular complexity index is 307. The molecule has 2 rings (SSSR count).